The van der Waals surface area contributed by atoms with Crippen molar-refractivity contribution in [2.24, 2.45) is 0 Å². The average molecular weight is 435 g/mol. The molecule has 0 spiro atoms. The number of hydrogen-bond acceptors (Lipinski definition) is 7. The molecular formula is C19H21N3O7S. The summed E-state index contributed by atoms with van der Waals surface area (Å²) in [7, 11) is -0.896. The Morgan fingerprint density at radius 2 is 1.73 bits per heavy atom. The lowest BCUT2D eigenvalue weighted by Gasteiger charge is -2.17. The van der Waals surface area contributed by atoms with Crippen LogP contribution in [-0.4, -0.2) is 49.7 Å². The second-order valence-electron chi connectivity index (χ2n) is 6.60. The second kappa shape index (κ2) is 9.01. The molecule has 0 heterocycles. The van der Waals surface area contributed by atoms with E-state index in [1.165, 1.54) is 45.3 Å². The number of nitrogens with zero attached hydrogens (tertiary/aromatic N) is 2. The Morgan fingerprint density at radius 3 is 2.27 bits per heavy atom. The van der Waals surface area contributed by atoms with E-state index in [1.54, 1.807) is 13.0 Å². The van der Waals surface area contributed by atoms with Crippen LogP contribution in [0.5, 0.6) is 0 Å². The lowest BCUT2D eigenvalue weighted by molar-refractivity contribution is -0.384. The highest BCUT2D eigenvalue weighted by Gasteiger charge is 2.22. The molecule has 1 unspecified atom stereocenters. The fraction of sp³-hybridized carbons (Fsp3) is 0.263. The molecule has 0 aromatic heterocycles. The third-order valence-electron chi connectivity index (χ3n) is 4.21. The van der Waals surface area contributed by atoms with Crippen LogP contribution in [0.2, 0.25) is 0 Å². The average Bonchev–Trinajstić information content (AvgIpc) is 2.69. The number of benzene rings is 2. The lowest BCUT2D eigenvalue weighted by Crippen LogP contribution is -2.30. The molecule has 1 atom stereocenters. The third kappa shape index (κ3) is 5.19. The van der Waals surface area contributed by atoms with Crippen molar-refractivity contribution in [3.05, 3.63) is 63.7 Å². The van der Waals surface area contributed by atoms with Crippen LogP contribution >= 0.6 is 0 Å². The molecule has 0 radical (unpaired) electrons. The van der Waals surface area contributed by atoms with Crippen LogP contribution in [0.15, 0.2) is 47.4 Å². The van der Waals surface area contributed by atoms with Gasteiger partial charge in [-0.2, -0.15) is 0 Å². The van der Waals surface area contributed by atoms with Crippen LogP contribution in [0.3, 0.4) is 0 Å². The van der Waals surface area contributed by atoms with Gasteiger partial charge in [0.25, 0.3) is 11.6 Å². The van der Waals surface area contributed by atoms with Gasteiger partial charge in [0, 0.05) is 31.9 Å². The first kappa shape index (κ1) is 23.0. The third-order valence-corrected chi connectivity index (χ3v) is 6.02. The normalized spacial score (nSPS) is 12.3. The molecular weight excluding hydrogens is 414 g/mol. The quantitative estimate of drug-likeness (QED) is 0.400. The topological polar surface area (TPSA) is 136 Å². The summed E-state index contributed by atoms with van der Waals surface area (Å²) >= 11 is 0. The Morgan fingerprint density at radius 1 is 1.13 bits per heavy atom. The van der Waals surface area contributed by atoms with Crippen molar-refractivity contribution in [3.8, 4) is 0 Å². The van der Waals surface area contributed by atoms with Gasteiger partial charge >= 0.3 is 5.97 Å². The summed E-state index contributed by atoms with van der Waals surface area (Å²) in [6.07, 6.45) is -1.19. The van der Waals surface area contributed by atoms with Gasteiger partial charge < -0.3 is 10.1 Å². The zero-order chi connectivity index (χ0) is 22.6. The van der Waals surface area contributed by atoms with Gasteiger partial charge in [-0.05, 0) is 43.7 Å². The smallest absolute Gasteiger partial charge is 0.338 e. The van der Waals surface area contributed by atoms with Crippen molar-refractivity contribution < 1.29 is 27.7 Å². The summed E-state index contributed by atoms with van der Waals surface area (Å²) in [6.45, 7) is 3.05. The van der Waals surface area contributed by atoms with Crippen LogP contribution in [0.1, 0.15) is 22.8 Å². The molecule has 10 nitrogen and oxygen atoms in total. The molecule has 2 aromatic rings. The van der Waals surface area contributed by atoms with Crippen LogP contribution in [0.4, 0.5) is 11.4 Å². The van der Waals surface area contributed by atoms with E-state index in [0.29, 0.717) is 5.56 Å². The summed E-state index contributed by atoms with van der Waals surface area (Å²) in [6, 6.07) is 9.07. The molecule has 2 rings (SSSR count). The highest BCUT2D eigenvalue weighted by Crippen LogP contribution is 2.22. The molecule has 0 saturated carbocycles. The zero-order valence-corrected chi connectivity index (χ0v) is 17.6. The fourth-order valence-electron chi connectivity index (χ4n) is 2.34. The first-order chi connectivity index (χ1) is 13.9. The molecule has 0 fully saturated rings. The molecule has 2 aromatic carbocycles. The Bertz CT molecular complexity index is 1080. The van der Waals surface area contributed by atoms with Gasteiger partial charge in [0.15, 0.2) is 6.10 Å². The zero-order valence-electron chi connectivity index (χ0n) is 16.8. The van der Waals surface area contributed by atoms with Gasteiger partial charge in [-0.25, -0.2) is 17.5 Å². The number of rotatable bonds is 7. The predicted octanol–water partition coefficient (Wildman–Crippen LogP) is 2.34. The van der Waals surface area contributed by atoms with Gasteiger partial charge in [-0.15, -0.1) is 0 Å². The number of esters is 1. The minimum Gasteiger partial charge on any atom is -0.449 e. The number of carbonyl (C=O) groups excluding carboxylic acids is 2. The molecule has 160 valence electrons. The maximum atomic E-state index is 12.4. The minimum absolute atomic E-state index is 0.00364. The molecule has 0 aliphatic rings. The summed E-state index contributed by atoms with van der Waals surface area (Å²) < 4.78 is 30.7. The summed E-state index contributed by atoms with van der Waals surface area (Å²) in [5.41, 5.74) is 0.756. The summed E-state index contributed by atoms with van der Waals surface area (Å²) in [5.74, 6) is -1.49. The fourth-order valence-corrected chi connectivity index (χ4v) is 3.27. The van der Waals surface area contributed by atoms with E-state index >= 15 is 0 Å². The Kier molecular flexibility index (Phi) is 6.90. The highest BCUT2D eigenvalue weighted by atomic mass is 32.2. The number of aryl methyl sites for hydroxylation is 1. The maximum absolute atomic E-state index is 12.4. The summed E-state index contributed by atoms with van der Waals surface area (Å²) in [4.78, 5) is 34.7. The van der Waals surface area contributed by atoms with Crippen molar-refractivity contribution in [1.29, 1.82) is 0 Å². The number of nitro benzene ring substituents is 1. The maximum Gasteiger partial charge on any atom is 0.338 e. The predicted molar refractivity (Wildman–Crippen MR) is 109 cm³/mol. The molecule has 1 amide bonds. The molecule has 1 N–H and O–H groups in total. The van der Waals surface area contributed by atoms with E-state index in [-0.39, 0.29) is 21.8 Å². The van der Waals surface area contributed by atoms with Gasteiger partial charge in [0.1, 0.15) is 0 Å². The first-order valence-electron chi connectivity index (χ1n) is 8.73. The number of sulfonamides is 1. The summed E-state index contributed by atoms with van der Waals surface area (Å²) in [5, 5.41) is 13.2. The van der Waals surface area contributed by atoms with Crippen LogP contribution in [0, 0.1) is 17.0 Å². The Labute approximate surface area is 173 Å². The van der Waals surface area contributed by atoms with Crippen LogP contribution in [-0.2, 0) is 19.6 Å². The first-order valence-corrected chi connectivity index (χ1v) is 10.2. The minimum atomic E-state index is -3.69. The van der Waals surface area contributed by atoms with E-state index in [1.807, 2.05) is 0 Å². The van der Waals surface area contributed by atoms with E-state index < -0.39 is 32.9 Å². The lowest BCUT2D eigenvalue weighted by atomic mass is 10.2. The number of amides is 1. The number of nitro groups is 1. The number of anilines is 1. The van der Waals surface area contributed by atoms with Crippen molar-refractivity contribution in [1.82, 2.24) is 4.31 Å². The second-order valence-corrected chi connectivity index (χ2v) is 8.76. The van der Waals surface area contributed by atoms with Crippen molar-refractivity contribution in [2.75, 3.05) is 19.4 Å². The molecule has 0 aliphatic heterocycles. The standard InChI is InChI=1S/C19H21N3O7S/c1-12-5-10-16(30(27,28)21(3)4)11-17(12)20-18(23)13(2)29-19(24)14-6-8-15(9-7-14)22(25)26/h5-11,13H,1-4H3,(H,20,23). The number of carbonyl (C=O) groups is 2. The van der Waals surface area contributed by atoms with Crippen LogP contribution in [0.25, 0.3) is 0 Å². The van der Waals surface area contributed by atoms with E-state index in [2.05, 4.69) is 5.32 Å². The van der Waals surface area contributed by atoms with Gasteiger partial charge in [0.2, 0.25) is 10.0 Å². The van der Waals surface area contributed by atoms with Crippen molar-refractivity contribution >= 4 is 33.3 Å². The number of ether oxygens (including phenoxy) is 1. The molecule has 0 saturated heterocycles. The SMILES string of the molecule is Cc1ccc(S(=O)(=O)N(C)C)cc1NC(=O)C(C)OC(=O)c1ccc([N+](=O)[O-])cc1. The number of nitrogens with one attached hydrogen (secondary N) is 1. The molecule has 30 heavy (non-hydrogen) atoms. The van der Waals surface area contributed by atoms with Gasteiger partial charge in [-0.1, -0.05) is 6.07 Å². The largest absolute Gasteiger partial charge is 0.449 e. The van der Waals surface area contributed by atoms with Gasteiger partial charge in [0.05, 0.1) is 15.4 Å². The van der Waals surface area contributed by atoms with Crippen molar-refractivity contribution in [2.45, 2.75) is 24.8 Å². The Hall–Kier alpha value is -3.31. The number of non-ortho nitro benzene ring substituents is 1. The monoisotopic (exact) mass is 435 g/mol. The highest BCUT2D eigenvalue weighted by molar-refractivity contribution is 7.89. The molecule has 11 heteroatoms. The molecule has 0 bridgehead atoms. The Balaban J connectivity index is 2.12. The van der Waals surface area contributed by atoms with Crippen LogP contribution < -0.4 is 5.32 Å². The van der Waals surface area contributed by atoms with E-state index in [0.717, 1.165) is 16.4 Å². The van der Waals surface area contributed by atoms with Gasteiger partial charge in [-0.3, -0.25) is 14.9 Å². The van der Waals surface area contributed by atoms with Crippen molar-refractivity contribution in [3.63, 3.8) is 0 Å². The van der Waals surface area contributed by atoms with E-state index in [4.69, 9.17) is 4.74 Å². The number of hydrogen-bond donors (Lipinski definition) is 1. The molecule has 0 aliphatic carbocycles. The van der Waals surface area contributed by atoms with E-state index in [9.17, 15) is 28.1 Å².